The van der Waals surface area contributed by atoms with Crippen molar-refractivity contribution in [3.8, 4) is 11.3 Å². The highest BCUT2D eigenvalue weighted by Gasteiger charge is 2.09. The maximum atomic E-state index is 11.8. The Kier molecular flexibility index (Phi) is 6.33. The number of hydrogen-bond donors (Lipinski definition) is 1. The lowest BCUT2D eigenvalue weighted by Crippen LogP contribution is -2.19. The summed E-state index contributed by atoms with van der Waals surface area (Å²) in [5.74, 6) is 0.521. The summed E-state index contributed by atoms with van der Waals surface area (Å²) >= 11 is 1.44. The van der Waals surface area contributed by atoms with Crippen LogP contribution in [0.25, 0.3) is 11.3 Å². The Morgan fingerprint density at radius 3 is 2.71 bits per heavy atom. The fourth-order valence-electron chi connectivity index (χ4n) is 2.39. The number of aryl methyl sites for hydroxylation is 1. The lowest BCUT2D eigenvalue weighted by Gasteiger charge is -2.02. The van der Waals surface area contributed by atoms with E-state index in [1.807, 2.05) is 12.3 Å². The summed E-state index contributed by atoms with van der Waals surface area (Å²) in [6.45, 7) is 3.98. The van der Waals surface area contributed by atoms with Crippen LogP contribution in [0.5, 0.6) is 0 Å². The van der Waals surface area contributed by atoms with Gasteiger partial charge in [0.1, 0.15) is 16.5 Å². The first kappa shape index (κ1) is 19.5. The molecule has 144 valence electrons. The van der Waals surface area contributed by atoms with E-state index in [-0.39, 0.29) is 18.3 Å². The van der Waals surface area contributed by atoms with Crippen molar-refractivity contribution >= 4 is 29.4 Å². The number of hydrazone groups is 1. The van der Waals surface area contributed by atoms with Crippen LogP contribution in [-0.2, 0) is 16.0 Å². The number of hydrogen-bond acceptors (Lipinski definition) is 7. The van der Waals surface area contributed by atoms with Gasteiger partial charge in [0.2, 0.25) is 5.91 Å². The van der Waals surface area contributed by atoms with Gasteiger partial charge in [-0.05, 0) is 38.1 Å². The van der Waals surface area contributed by atoms with Crippen LogP contribution in [0.2, 0.25) is 0 Å². The van der Waals surface area contributed by atoms with Gasteiger partial charge in [-0.1, -0.05) is 12.1 Å². The number of esters is 1. The maximum Gasteiger partial charge on any atom is 0.338 e. The molecule has 8 heteroatoms. The Labute approximate surface area is 166 Å². The standard InChI is InChI=1S/C20H19N3O4S/c1-3-26-20(25)15-6-4-14(5-7-15)17-9-8-16(27-17)11-21-23-18(24)10-19-22-13(2)12-28-19/h4-9,11-12H,3,10H2,1-2H3,(H,23,24)/b21-11-. The Morgan fingerprint density at radius 1 is 1.25 bits per heavy atom. The second-order valence-electron chi connectivity index (χ2n) is 5.85. The van der Waals surface area contributed by atoms with E-state index in [0.717, 1.165) is 16.3 Å². The first-order valence-corrected chi connectivity index (χ1v) is 9.53. The quantitative estimate of drug-likeness (QED) is 0.374. The minimum Gasteiger partial charge on any atom is -0.462 e. The minimum absolute atomic E-state index is 0.187. The molecular formula is C20H19N3O4S. The number of nitrogens with zero attached hydrogens (tertiary/aromatic N) is 2. The Hall–Kier alpha value is -3.26. The normalized spacial score (nSPS) is 10.9. The van der Waals surface area contributed by atoms with Crippen LogP contribution in [0.1, 0.15) is 33.7 Å². The van der Waals surface area contributed by atoms with E-state index in [0.29, 0.717) is 23.7 Å². The van der Waals surface area contributed by atoms with E-state index in [9.17, 15) is 9.59 Å². The van der Waals surface area contributed by atoms with Gasteiger partial charge in [0.25, 0.3) is 0 Å². The molecule has 0 atom stereocenters. The van der Waals surface area contributed by atoms with Crippen LogP contribution in [-0.4, -0.2) is 29.7 Å². The molecule has 3 rings (SSSR count). The predicted molar refractivity (Wildman–Crippen MR) is 106 cm³/mol. The molecule has 0 radical (unpaired) electrons. The van der Waals surface area contributed by atoms with Crippen molar-refractivity contribution in [1.82, 2.24) is 10.4 Å². The van der Waals surface area contributed by atoms with Gasteiger partial charge >= 0.3 is 5.97 Å². The van der Waals surface area contributed by atoms with Gasteiger partial charge < -0.3 is 9.15 Å². The van der Waals surface area contributed by atoms with Gasteiger partial charge in [0, 0.05) is 16.6 Å². The summed E-state index contributed by atoms with van der Waals surface area (Å²) in [6, 6.07) is 10.5. The highest BCUT2D eigenvalue weighted by molar-refractivity contribution is 7.09. The Bertz CT molecular complexity index is 989. The van der Waals surface area contributed by atoms with E-state index < -0.39 is 0 Å². The fourth-order valence-corrected chi connectivity index (χ4v) is 3.16. The van der Waals surface area contributed by atoms with Gasteiger partial charge in [-0.15, -0.1) is 11.3 Å². The Balaban J connectivity index is 1.57. The third kappa shape index (κ3) is 5.14. The molecule has 0 unspecified atom stereocenters. The lowest BCUT2D eigenvalue weighted by molar-refractivity contribution is -0.120. The third-order valence-corrected chi connectivity index (χ3v) is 4.63. The van der Waals surface area contributed by atoms with E-state index in [2.05, 4.69) is 15.5 Å². The first-order valence-electron chi connectivity index (χ1n) is 8.65. The van der Waals surface area contributed by atoms with E-state index in [4.69, 9.17) is 9.15 Å². The summed E-state index contributed by atoms with van der Waals surface area (Å²) in [7, 11) is 0. The number of ether oxygens (including phenoxy) is 1. The molecule has 3 aromatic rings. The van der Waals surface area contributed by atoms with Gasteiger partial charge in [0.05, 0.1) is 24.8 Å². The second kappa shape index (κ2) is 9.09. The van der Waals surface area contributed by atoms with Crippen molar-refractivity contribution in [2.24, 2.45) is 5.10 Å². The lowest BCUT2D eigenvalue weighted by atomic mass is 10.1. The molecule has 0 spiro atoms. The average molecular weight is 397 g/mol. The van der Waals surface area contributed by atoms with E-state index >= 15 is 0 Å². The molecule has 0 saturated carbocycles. The molecule has 1 N–H and O–H groups in total. The number of benzene rings is 1. The molecule has 2 heterocycles. The highest BCUT2D eigenvalue weighted by Crippen LogP contribution is 2.22. The topological polar surface area (TPSA) is 93.8 Å². The molecule has 0 aliphatic carbocycles. The van der Waals surface area contributed by atoms with E-state index in [1.54, 1.807) is 43.3 Å². The zero-order valence-corrected chi connectivity index (χ0v) is 16.3. The molecule has 1 amide bonds. The number of amides is 1. The summed E-state index contributed by atoms with van der Waals surface area (Å²) in [4.78, 5) is 27.8. The van der Waals surface area contributed by atoms with Crippen molar-refractivity contribution < 1.29 is 18.7 Å². The molecule has 0 aliphatic rings. The van der Waals surface area contributed by atoms with Crippen LogP contribution in [0.3, 0.4) is 0 Å². The minimum atomic E-state index is -0.357. The zero-order valence-electron chi connectivity index (χ0n) is 15.5. The first-order chi connectivity index (χ1) is 13.5. The highest BCUT2D eigenvalue weighted by atomic mass is 32.1. The van der Waals surface area contributed by atoms with Crippen molar-refractivity contribution in [1.29, 1.82) is 0 Å². The number of nitrogens with one attached hydrogen (secondary N) is 1. The van der Waals surface area contributed by atoms with Crippen LogP contribution in [0, 0.1) is 6.92 Å². The van der Waals surface area contributed by atoms with Crippen molar-refractivity contribution in [3.05, 3.63) is 63.8 Å². The molecule has 0 saturated heterocycles. The monoisotopic (exact) mass is 397 g/mol. The fraction of sp³-hybridized carbons (Fsp3) is 0.200. The van der Waals surface area contributed by atoms with Crippen LogP contribution in [0.15, 0.2) is 51.3 Å². The van der Waals surface area contributed by atoms with Crippen molar-refractivity contribution in [2.45, 2.75) is 20.3 Å². The molecule has 1 aromatic carbocycles. The van der Waals surface area contributed by atoms with Crippen LogP contribution >= 0.6 is 11.3 Å². The summed E-state index contributed by atoms with van der Waals surface area (Å²) in [5.41, 5.74) is 4.65. The molecule has 0 fully saturated rings. The number of rotatable bonds is 7. The predicted octanol–water partition coefficient (Wildman–Crippen LogP) is 3.58. The second-order valence-corrected chi connectivity index (χ2v) is 6.80. The van der Waals surface area contributed by atoms with E-state index in [1.165, 1.54) is 17.6 Å². The number of carbonyl (C=O) groups is 2. The number of furan rings is 1. The molecular weight excluding hydrogens is 378 g/mol. The average Bonchev–Trinajstić information content (AvgIpc) is 3.31. The SMILES string of the molecule is CCOC(=O)c1ccc(-c2ccc(/C=N\NC(=O)Cc3nc(C)cs3)o2)cc1. The number of carbonyl (C=O) groups excluding carboxylic acids is 2. The number of aromatic nitrogens is 1. The third-order valence-electron chi connectivity index (χ3n) is 3.67. The van der Waals surface area contributed by atoms with Gasteiger partial charge in [-0.25, -0.2) is 15.2 Å². The smallest absolute Gasteiger partial charge is 0.338 e. The van der Waals surface area contributed by atoms with Crippen LogP contribution < -0.4 is 5.43 Å². The molecule has 28 heavy (non-hydrogen) atoms. The summed E-state index contributed by atoms with van der Waals surface area (Å²) < 4.78 is 10.7. The summed E-state index contributed by atoms with van der Waals surface area (Å²) in [6.07, 6.45) is 1.62. The van der Waals surface area contributed by atoms with Gasteiger partial charge in [-0.3, -0.25) is 4.79 Å². The number of thiazole rings is 1. The van der Waals surface area contributed by atoms with Gasteiger partial charge in [0.15, 0.2) is 0 Å². The zero-order chi connectivity index (χ0) is 19.9. The van der Waals surface area contributed by atoms with Crippen LogP contribution in [0.4, 0.5) is 0 Å². The van der Waals surface area contributed by atoms with Gasteiger partial charge in [-0.2, -0.15) is 5.10 Å². The largest absolute Gasteiger partial charge is 0.462 e. The molecule has 0 bridgehead atoms. The Morgan fingerprint density at radius 2 is 2.04 bits per heavy atom. The summed E-state index contributed by atoms with van der Waals surface area (Å²) in [5, 5.41) is 6.55. The molecule has 0 aliphatic heterocycles. The van der Waals surface area contributed by atoms with Crippen molar-refractivity contribution in [3.63, 3.8) is 0 Å². The maximum absolute atomic E-state index is 11.8. The van der Waals surface area contributed by atoms with Crippen molar-refractivity contribution in [2.75, 3.05) is 6.61 Å². The molecule has 2 aromatic heterocycles. The molecule has 7 nitrogen and oxygen atoms in total.